The van der Waals surface area contributed by atoms with Crippen LogP contribution in [0, 0.1) is 0 Å². The number of anilines is 2. The highest BCUT2D eigenvalue weighted by Gasteiger charge is 2.20. The Morgan fingerprint density at radius 3 is 2.71 bits per heavy atom. The Labute approximate surface area is 138 Å². The summed E-state index contributed by atoms with van der Waals surface area (Å²) in [6, 6.07) is 12.4. The number of nitrogens with one attached hydrogen (secondary N) is 1. The van der Waals surface area contributed by atoms with Gasteiger partial charge in [0.2, 0.25) is 0 Å². The average molecular weight is 367 g/mol. The summed E-state index contributed by atoms with van der Waals surface area (Å²) in [5.41, 5.74) is 1.00. The van der Waals surface area contributed by atoms with E-state index in [9.17, 15) is 0 Å². The molecular weight excluding hydrogens is 350 g/mol. The molecule has 2 aromatic rings. The summed E-state index contributed by atoms with van der Waals surface area (Å²) in [4.78, 5) is 6.75. The van der Waals surface area contributed by atoms with E-state index >= 15 is 0 Å². The first-order valence-electron chi connectivity index (χ1n) is 7.10. The summed E-state index contributed by atoms with van der Waals surface area (Å²) in [5, 5.41) is 4.32. The van der Waals surface area contributed by atoms with Crippen molar-refractivity contribution in [3.63, 3.8) is 0 Å². The predicted octanol–water partition coefficient (Wildman–Crippen LogP) is 4.58. The minimum absolute atomic E-state index is 0.455. The second-order valence-corrected chi connectivity index (χ2v) is 6.54. The van der Waals surface area contributed by atoms with Gasteiger partial charge < -0.3 is 10.2 Å². The van der Waals surface area contributed by atoms with Crippen molar-refractivity contribution in [1.29, 1.82) is 0 Å². The second kappa shape index (κ2) is 6.67. The van der Waals surface area contributed by atoms with Gasteiger partial charge in [0.1, 0.15) is 5.82 Å². The summed E-state index contributed by atoms with van der Waals surface area (Å²) in [6.45, 7) is 2.03. The molecule has 0 atom stereocenters. The highest BCUT2D eigenvalue weighted by atomic mass is 79.9. The molecule has 1 aromatic heterocycles. The van der Waals surface area contributed by atoms with Gasteiger partial charge in [-0.1, -0.05) is 33.6 Å². The molecule has 0 unspecified atom stereocenters. The van der Waals surface area contributed by atoms with Gasteiger partial charge in [0.15, 0.2) is 0 Å². The third-order valence-corrected chi connectivity index (χ3v) is 4.58. The minimum Gasteiger partial charge on any atom is -0.381 e. The normalized spacial score (nSPS) is 16.0. The standard InChI is InChI=1S/C16H17BrClN3/c17-12-4-5-14(18)15(11-12)20-13-6-9-21(10-7-13)16-3-1-2-8-19-16/h1-5,8,11,13,20H,6-7,9-10H2. The lowest BCUT2D eigenvalue weighted by atomic mass is 10.0. The molecule has 1 N–H and O–H groups in total. The zero-order valence-corrected chi connectivity index (χ0v) is 13.9. The Morgan fingerprint density at radius 2 is 2.00 bits per heavy atom. The molecule has 3 nitrogen and oxygen atoms in total. The van der Waals surface area contributed by atoms with E-state index in [1.165, 1.54) is 0 Å². The van der Waals surface area contributed by atoms with E-state index in [4.69, 9.17) is 11.6 Å². The quantitative estimate of drug-likeness (QED) is 0.862. The number of nitrogens with zero attached hydrogens (tertiary/aromatic N) is 2. The second-order valence-electron chi connectivity index (χ2n) is 5.22. The fraction of sp³-hybridized carbons (Fsp3) is 0.312. The minimum atomic E-state index is 0.455. The third kappa shape index (κ3) is 3.69. The third-order valence-electron chi connectivity index (χ3n) is 3.76. The topological polar surface area (TPSA) is 28.2 Å². The SMILES string of the molecule is Clc1ccc(Br)cc1NC1CCN(c2ccccn2)CC1. The van der Waals surface area contributed by atoms with Crippen LogP contribution in [0.2, 0.25) is 5.02 Å². The van der Waals surface area contributed by atoms with E-state index in [1.807, 2.05) is 36.5 Å². The van der Waals surface area contributed by atoms with E-state index in [-0.39, 0.29) is 0 Å². The maximum atomic E-state index is 6.24. The Bertz CT molecular complexity index is 598. The number of hydrogen-bond donors (Lipinski definition) is 1. The lowest BCUT2D eigenvalue weighted by Gasteiger charge is -2.33. The summed E-state index contributed by atoms with van der Waals surface area (Å²) in [5.74, 6) is 1.07. The molecule has 1 aliphatic rings. The number of aromatic nitrogens is 1. The smallest absolute Gasteiger partial charge is 0.128 e. The van der Waals surface area contributed by atoms with Crippen LogP contribution >= 0.6 is 27.5 Å². The van der Waals surface area contributed by atoms with E-state index in [0.717, 1.165) is 46.9 Å². The monoisotopic (exact) mass is 365 g/mol. The van der Waals surface area contributed by atoms with Crippen molar-refractivity contribution < 1.29 is 0 Å². The average Bonchev–Trinajstić information content (AvgIpc) is 2.53. The summed E-state index contributed by atoms with van der Waals surface area (Å²) in [7, 11) is 0. The van der Waals surface area contributed by atoms with Crippen molar-refractivity contribution >= 4 is 39.0 Å². The van der Waals surface area contributed by atoms with Crippen LogP contribution < -0.4 is 10.2 Å². The number of hydrogen-bond acceptors (Lipinski definition) is 3. The van der Waals surface area contributed by atoms with Crippen LogP contribution in [-0.2, 0) is 0 Å². The summed E-state index contributed by atoms with van der Waals surface area (Å²) < 4.78 is 1.04. The van der Waals surface area contributed by atoms with Crippen LogP contribution in [0.3, 0.4) is 0 Å². The van der Waals surface area contributed by atoms with Gasteiger partial charge in [-0.3, -0.25) is 0 Å². The molecule has 1 saturated heterocycles. The van der Waals surface area contributed by atoms with Gasteiger partial charge in [0.05, 0.1) is 10.7 Å². The van der Waals surface area contributed by atoms with Crippen LogP contribution in [0.25, 0.3) is 0 Å². The first-order chi connectivity index (χ1) is 10.2. The molecule has 3 rings (SSSR count). The maximum Gasteiger partial charge on any atom is 0.128 e. The van der Waals surface area contributed by atoms with Crippen molar-refractivity contribution in [2.45, 2.75) is 18.9 Å². The maximum absolute atomic E-state index is 6.24. The summed E-state index contributed by atoms with van der Waals surface area (Å²) in [6.07, 6.45) is 4.01. The molecule has 1 fully saturated rings. The van der Waals surface area contributed by atoms with Crippen LogP contribution in [0.4, 0.5) is 11.5 Å². The van der Waals surface area contributed by atoms with Gasteiger partial charge in [-0.25, -0.2) is 4.98 Å². The highest BCUT2D eigenvalue weighted by molar-refractivity contribution is 9.10. The highest BCUT2D eigenvalue weighted by Crippen LogP contribution is 2.28. The van der Waals surface area contributed by atoms with Gasteiger partial charge in [-0.05, 0) is 43.2 Å². The van der Waals surface area contributed by atoms with E-state index < -0.39 is 0 Å². The van der Waals surface area contributed by atoms with Crippen LogP contribution in [0.1, 0.15) is 12.8 Å². The number of pyridine rings is 1. The molecular formula is C16H17BrClN3. The van der Waals surface area contributed by atoms with Crippen LogP contribution in [0.15, 0.2) is 47.1 Å². The molecule has 0 aliphatic carbocycles. The Kier molecular flexibility index (Phi) is 4.66. The van der Waals surface area contributed by atoms with Gasteiger partial charge in [-0.2, -0.15) is 0 Å². The number of rotatable bonds is 3. The molecule has 0 bridgehead atoms. The summed E-state index contributed by atoms with van der Waals surface area (Å²) >= 11 is 9.72. The van der Waals surface area contributed by atoms with Gasteiger partial charge in [0.25, 0.3) is 0 Å². The Hall–Kier alpha value is -1.26. The Morgan fingerprint density at radius 1 is 1.19 bits per heavy atom. The molecule has 5 heteroatoms. The van der Waals surface area contributed by atoms with Crippen molar-refractivity contribution in [2.24, 2.45) is 0 Å². The molecule has 21 heavy (non-hydrogen) atoms. The molecule has 0 saturated carbocycles. The van der Waals surface area contributed by atoms with Gasteiger partial charge >= 0.3 is 0 Å². The lowest BCUT2D eigenvalue weighted by molar-refractivity contribution is 0.523. The number of halogens is 2. The molecule has 1 aliphatic heterocycles. The van der Waals surface area contributed by atoms with Crippen LogP contribution in [0.5, 0.6) is 0 Å². The largest absolute Gasteiger partial charge is 0.381 e. The van der Waals surface area contributed by atoms with E-state index in [1.54, 1.807) is 0 Å². The fourth-order valence-electron chi connectivity index (χ4n) is 2.62. The van der Waals surface area contributed by atoms with Gasteiger partial charge in [0, 0.05) is 29.8 Å². The Balaban J connectivity index is 1.60. The number of piperidine rings is 1. The zero-order chi connectivity index (χ0) is 14.7. The molecule has 1 aromatic carbocycles. The van der Waals surface area contributed by atoms with Crippen molar-refractivity contribution in [3.8, 4) is 0 Å². The molecule has 0 spiro atoms. The van der Waals surface area contributed by atoms with Gasteiger partial charge in [-0.15, -0.1) is 0 Å². The fourth-order valence-corrected chi connectivity index (χ4v) is 3.15. The molecule has 0 amide bonds. The van der Waals surface area contributed by atoms with Crippen molar-refractivity contribution in [1.82, 2.24) is 4.98 Å². The molecule has 110 valence electrons. The number of benzene rings is 1. The lowest BCUT2D eigenvalue weighted by Crippen LogP contribution is -2.39. The van der Waals surface area contributed by atoms with Crippen LogP contribution in [-0.4, -0.2) is 24.1 Å². The predicted molar refractivity (Wildman–Crippen MR) is 92.2 cm³/mol. The van der Waals surface area contributed by atoms with E-state index in [2.05, 4.69) is 37.2 Å². The van der Waals surface area contributed by atoms with Crippen molar-refractivity contribution in [2.75, 3.05) is 23.3 Å². The zero-order valence-electron chi connectivity index (χ0n) is 11.6. The first kappa shape index (κ1) is 14.7. The van der Waals surface area contributed by atoms with E-state index in [0.29, 0.717) is 6.04 Å². The molecule has 0 radical (unpaired) electrons. The first-order valence-corrected chi connectivity index (χ1v) is 8.27. The van der Waals surface area contributed by atoms with Crippen molar-refractivity contribution in [3.05, 3.63) is 52.1 Å². The molecule has 2 heterocycles.